The lowest BCUT2D eigenvalue weighted by Crippen LogP contribution is -2.52. The number of nitrogens with zero attached hydrogens (tertiary/aromatic N) is 3. The number of ether oxygens (including phenoxy) is 1. The van der Waals surface area contributed by atoms with Crippen molar-refractivity contribution in [2.75, 3.05) is 31.6 Å². The smallest absolute Gasteiger partial charge is 0.159 e. The van der Waals surface area contributed by atoms with Gasteiger partial charge in [-0.25, -0.2) is 0 Å². The first-order valence-electron chi connectivity index (χ1n) is 8.75. The van der Waals surface area contributed by atoms with Crippen LogP contribution in [-0.4, -0.2) is 43.0 Å². The molecule has 0 radical (unpaired) electrons. The van der Waals surface area contributed by atoms with Crippen LogP contribution in [0.1, 0.15) is 5.56 Å². The molecule has 6 heteroatoms. The van der Waals surface area contributed by atoms with Crippen molar-refractivity contribution in [3.05, 3.63) is 59.2 Å². The Morgan fingerprint density at radius 2 is 2.19 bits per heavy atom. The van der Waals surface area contributed by atoms with Gasteiger partial charge in [-0.2, -0.15) is 5.10 Å². The first-order valence-corrected chi connectivity index (χ1v) is 9.13. The maximum atomic E-state index is 6.11. The molecule has 2 aromatic carbocycles. The molecular weight excluding hydrogens is 348 g/mol. The van der Waals surface area contributed by atoms with Gasteiger partial charge in [0.2, 0.25) is 0 Å². The fraction of sp³-hybridized carbons (Fsp3) is 0.300. The second-order valence-corrected chi connectivity index (χ2v) is 6.99. The molecule has 0 amide bonds. The molecule has 0 spiro atoms. The molecule has 3 aromatic rings. The third-order valence-corrected chi connectivity index (χ3v) is 5.01. The number of aromatic nitrogens is 2. The summed E-state index contributed by atoms with van der Waals surface area (Å²) in [6.07, 6.45) is 2.71. The zero-order valence-corrected chi connectivity index (χ0v) is 15.4. The maximum Gasteiger partial charge on any atom is 0.159 e. The molecule has 0 aliphatic carbocycles. The van der Waals surface area contributed by atoms with E-state index in [1.807, 2.05) is 30.3 Å². The Morgan fingerprint density at radius 1 is 1.27 bits per heavy atom. The van der Waals surface area contributed by atoms with Gasteiger partial charge in [0.25, 0.3) is 0 Å². The maximum absolute atomic E-state index is 6.11. The Balaban J connectivity index is 1.55. The molecule has 1 fully saturated rings. The molecule has 0 bridgehead atoms. The van der Waals surface area contributed by atoms with E-state index in [2.05, 4.69) is 32.5 Å². The van der Waals surface area contributed by atoms with Crippen molar-refractivity contribution in [2.45, 2.75) is 12.5 Å². The highest BCUT2D eigenvalue weighted by atomic mass is 35.5. The van der Waals surface area contributed by atoms with Crippen LogP contribution in [0.5, 0.6) is 5.75 Å². The van der Waals surface area contributed by atoms with Gasteiger partial charge < -0.3 is 15.0 Å². The average Bonchev–Trinajstić information content (AvgIpc) is 2.67. The van der Waals surface area contributed by atoms with Crippen LogP contribution in [0.2, 0.25) is 5.02 Å². The number of hydrogen-bond acceptors (Lipinski definition) is 5. The molecule has 1 aliphatic heterocycles. The summed E-state index contributed by atoms with van der Waals surface area (Å²) in [5.74, 6) is 1.82. The normalized spacial score (nSPS) is 17.5. The molecule has 5 nitrogen and oxygen atoms in total. The summed E-state index contributed by atoms with van der Waals surface area (Å²) < 4.78 is 5.33. The third kappa shape index (κ3) is 3.59. The number of halogens is 1. The Kier molecular flexibility index (Phi) is 4.91. The number of methoxy groups -OCH3 is 1. The number of rotatable bonds is 4. The summed E-state index contributed by atoms with van der Waals surface area (Å²) in [5.41, 5.74) is 1.26. The second kappa shape index (κ2) is 7.48. The van der Waals surface area contributed by atoms with Crippen LogP contribution in [0.4, 0.5) is 5.82 Å². The van der Waals surface area contributed by atoms with Crippen molar-refractivity contribution in [1.29, 1.82) is 0 Å². The van der Waals surface area contributed by atoms with Crippen LogP contribution in [-0.2, 0) is 6.42 Å². The fourth-order valence-corrected chi connectivity index (χ4v) is 3.70. The molecule has 1 N–H and O–H groups in total. The summed E-state index contributed by atoms with van der Waals surface area (Å²) in [5, 5.41) is 15.0. The molecule has 1 atom stereocenters. The summed E-state index contributed by atoms with van der Waals surface area (Å²) in [6.45, 7) is 2.71. The Labute approximate surface area is 157 Å². The summed E-state index contributed by atoms with van der Waals surface area (Å²) in [7, 11) is 1.70. The molecule has 1 aromatic heterocycles. The van der Waals surface area contributed by atoms with Gasteiger partial charge in [0.1, 0.15) is 5.75 Å². The van der Waals surface area contributed by atoms with Crippen molar-refractivity contribution in [3.63, 3.8) is 0 Å². The number of nitrogens with one attached hydrogen (secondary N) is 1. The Hall–Kier alpha value is -2.37. The molecule has 1 aliphatic rings. The van der Waals surface area contributed by atoms with Crippen molar-refractivity contribution in [1.82, 2.24) is 15.5 Å². The van der Waals surface area contributed by atoms with Crippen molar-refractivity contribution in [3.8, 4) is 5.75 Å². The molecule has 26 heavy (non-hydrogen) atoms. The van der Waals surface area contributed by atoms with E-state index in [0.717, 1.165) is 48.4 Å². The van der Waals surface area contributed by atoms with E-state index in [0.29, 0.717) is 11.1 Å². The average molecular weight is 369 g/mol. The van der Waals surface area contributed by atoms with Gasteiger partial charge in [-0.1, -0.05) is 23.7 Å². The van der Waals surface area contributed by atoms with Crippen LogP contribution in [0.15, 0.2) is 48.7 Å². The minimum atomic E-state index is 0.347. The number of anilines is 1. The highest BCUT2D eigenvalue weighted by molar-refractivity contribution is 6.31. The highest BCUT2D eigenvalue weighted by Crippen LogP contribution is 2.27. The topological polar surface area (TPSA) is 50.3 Å². The van der Waals surface area contributed by atoms with Crippen molar-refractivity contribution >= 4 is 28.2 Å². The zero-order valence-electron chi connectivity index (χ0n) is 14.7. The van der Waals surface area contributed by atoms with Crippen LogP contribution in [0, 0.1) is 0 Å². The lowest BCUT2D eigenvalue weighted by molar-refractivity contribution is 0.413. The van der Waals surface area contributed by atoms with Gasteiger partial charge in [-0.05, 0) is 42.3 Å². The van der Waals surface area contributed by atoms with Crippen molar-refractivity contribution in [2.24, 2.45) is 0 Å². The van der Waals surface area contributed by atoms with E-state index in [-0.39, 0.29) is 0 Å². The largest absolute Gasteiger partial charge is 0.497 e. The molecule has 1 saturated heterocycles. The highest BCUT2D eigenvalue weighted by Gasteiger charge is 2.22. The van der Waals surface area contributed by atoms with Gasteiger partial charge in [0.15, 0.2) is 5.82 Å². The van der Waals surface area contributed by atoms with E-state index < -0.39 is 0 Å². The van der Waals surface area contributed by atoms with Gasteiger partial charge in [0, 0.05) is 41.5 Å². The first kappa shape index (κ1) is 17.1. The Bertz CT molecular complexity index is 917. The van der Waals surface area contributed by atoms with Crippen LogP contribution in [0.3, 0.4) is 0 Å². The van der Waals surface area contributed by atoms with Gasteiger partial charge in [-0.15, -0.1) is 5.10 Å². The lowest BCUT2D eigenvalue weighted by atomic mass is 10.0. The van der Waals surface area contributed by atoms with E-state index >= 15 is 0 Å². The monoisotopic (exact) mass is 368 g/mol. The molecule has 134 valence electrons. The van der Waals surface area contributed by atoms with E-state index in [9.17, 15) is 0 Å². The minimum absolute atomic E-state index is 0.347. The number of hydrogen-bond donors (Lipinski definition) is 1. The SMILES string of the molecule is COc1cccc(CC2CN(c3nncc4cc(Cl)ccc34)CCN2)c1. The summed E-state index contributed by atoms with van der Waals surface area (Å²) in [4.78, 5) is 2.31. The van der Waals surface area contributed by atoms with E-state index in [1.54, 1.807) is 13.3 Å². The molecule has 1 unspecified atom stereocenters. The number of piperazine rings is 1. The molecular formula is C20H21ClN4O. The predicted octanol–water partition coefficient (Wildman–Crippen LogP) is 3.31. The van der Waals surface area contributed by atoms with Crippen LogP contribution in [0.25, 0.3) is 10.8 Å². The quantitative estimate of drug-likeness (QED) is 0.765. The van der Waals surface area contributed by atoms with E-state index in [1.165, 1.54) is 5.56 Å². The number of fused-ring (bicyclic) bond motifs is 1. The fourth-order valence-electron chi connectivity index (χ4n) is 3.52. The number of benzene rings is 2. The molecule has 0 saturated carbocycles. The van der Waals surface area contributed by atoms with Gasteiger partial charge in [-0.3, -0.25) is 0 Å². The third-order valence-electron chi connectivity index (χ3n) is 4.78. The summed E-state index contributed by atoms with van der Waals surface area (Å²) >= 11 is 6.11. The first-order chi connectivity index (χ1) is 12.7. The Morgan fingerprint density at radius 3 is 3.08 bits per heavy atom. The van der Waals surface area contributed by atoms with E-state index in [4.69, 9.17) is 16.3 Å². The second-order valence-electron chi connectivity index (χ2n) is 6.55. The van der Waals surface area contributed by atoms with Crippen LogP contribution < -0.4 is 15.0 Å². The molecule has 2 heterocycles. The van der Waals surface area contributed by atoms with Gasteiger partial charge in [0.05, 0.1) is 13.3 Å². The predicted molar refractivity (Wildman–Crippen MR) is 105 cm³/mol. The zero-order chi connectivity index (χ0) is 17.9. The standard InChI is InChI=1S/C20H21ClN4O/c1-26-18-4-2-3-14(10-18)9-17-13-25(8-7-22-17)20-19-6-5-16(21)11-15(19)12-23-24-20/h2-6,10-12,17,22H,7-9,13H2,1H3. The summed E-state index contributed by atoms with van der Waals surface area (Å²) in [6, 6.07) is 14.5. The molecule has 4 rings (SSSR count). The lowest BCUT2D eigenvalue weighted by Gasteiger charge is -2.35. The van der Waals surface area contributed by atoms with Gasteiger partial charge >= 0.3 is 0 Å². The van der Waals surface area contributed by atoms with Crippen molar-refractivity contribution < 1.29 is 4.74 Å². The minimum Gasteiger partial charge on any atom is -0.497 e. The van der Waals surface area contributed by atoms with Crippen LogP contribution >= 0.6 is 11.6 Å².